The second-order valence-corrected chi connectivity index (χ2v) is 8.34. The van der Waals surface area contributed by atoms with E-state index in [1.807, 2.05) is 0 Å². The molecule has 0 unspecified atom stereocenters. The number of halogens is 3. The summed E-state index contributed by atoms with van der Waals surface area (Å²) in [4.78, 5) is 30.7. The van der Waals surface area contributed by atoms with Crippen molar-refractivity contribution in [2.45, 2.75) is 43.9 Å². The van der Waals surface area contributed by atoms with Crippen LogP contribution >= 0.6 is 0 Å². The minimum Gasteiger partial charge on any atom is -0.366 e. The van der Waals surface area contributed by atoms with Crippen LogP contribution in [-0.2, 0) is 11.0 Å². The summed E-state index contributed by atoms with van der Waals surface area (Å²) in [6.07, 6.45) is -2.50. The van der Waals surface area contributed by atoms with Gasteiger partial charge in [-0.15, -0.1) is 0 Å². The maximum Gasteiger partial charge on any atom is 0.416 e. The molecule has 2 saturated heterocycles. The van der Waals surface area contributed by atoms with Crippen molar-refractivity contribution in [2.24, 2.45) is 5.73 Å². The van der Waals surface area contributed by atoms with Gasteiger partial charge in [0.15, 0.2) is 0 Å². The van der Waals surface area contributed by atoms with Gasteiger partial charge in [0, 0.05) is 24.8 Å². The monoisotopic (exact) mass is 432 g/mol. The number of alkyl halides is 3. The van der Waals surface area contributed by atoms with Crippen molar-refractivity contribution in [3.8, 4) is 11.1 Å². The highest BCUT2D eigenvalue weighted by Gasteiger charge is 2.50. The van der Waals surface area contributed by atoms with Gasteiger partial charge in [0.05, 0.1) is 17.3 Å². The van der Waals surface area contributed by atoms with Gasteiger partial charge in [-0.05, 0) is 67.6 Å². The second-order valence-electron chi connectivity index (χ2n) is 8.34. The van der Waals surface area contributed by atoms with Crippen LogP contribution in [0.2, 0.25) is 0 Å². The van der Waals surface area contributed by atoms with Crippen LogP contribution in [0.15, 0.2) is 30.3 Å². The number of primary amides is 1. The van der Waals surface area contributed by atoms with E-state index in [0.29, 0.717) is 42.8 Å². The number of likely N-dealkylation sites (N-methyl/N-ethyl adjacent to an activating group) is 1. The maximum absolute atomic E-state index is 13.3. The van der Waals surface area contributed by atoms with Gasteiger partial charge in [0.1, 0.15) is 5.54 Å². The van der Waals surface area contributed by atoms with Crippen LogP contribution in [0.3, 0.4) is 0 Å². The maximum atomic E-state index is 13.3. The highest BCUT2D eigenvalue weighted by Crippen LogP contribution is 2.40. The van der Waals surface area contributed by atoms with Crippen LogP contribution in [-0.4, -0.2) is 40.8 Å². The van der Waals surface area contributed by atoms with E-state index in [-0.39, 0.29) is 23.1 Å². The molecule has 2 aromatic rings. The topological polar surface area (TPSA) is 88.3 Å². The summed E-state index contributed by atoms with van der Waals surface area (Å²) >= 11 is 0. The number of aromatic nitrogens is 1. The zero-order chi connectivity index (χ0) is 22.6. The first-order valence-electron chi connectivity index (χ1n) is 10.0. The van der Waals surface area contributed by atoms with Gasteiger partial charge in [0.2, 0.25) is 11.8 Å². The van der Waals surface area contributed by atoms with Gasteiger partial charge < -0.3 is 10.6 Å². The van der Waals surface area contributed by atoms with E-state index < -0.39 is 23.2 Å². The number of aryl methyl sites for hydroxylation is 1. The van der Waals surface area contributed by atoms with Gasteiger partial charge in [-0.25, -0.2) is 0 Å². The molecule has 31 heavy (non-hydrogen) atoms. The third kappa shape index (κ3) is 3.78. The lowest BCUT2D eigenvalue weighted by Crippen LogP contribution is -2.47. The summed E-state index contributed by atoms with van der Waals surface area (Å²) in [5.41, 5.74) is 5.72. The average molecular weight is 432 g/mol. The number of nitrogens with zero attached hydrogens (tertiary/aromatic N) is 2. The normalized spacial score (nSPS) is 23.7. The molecule has 0 aliphatic carbocycles. The Balaban J connectivity index is 1.74. The van der Waals surface area contributed by atoms with Crippen LogP contribution in [0.1, 0.15) is 52.6 Å². The zero-order valence-corrected chi connectivity index (χ0v) is 17.2. The fourth-order valence-corrected chi connectivity index (χ4v) is 4.59. The molecule has 0 bridgehead atoms. The molecule has 2 amide bonds. The number of nitrogens with one attached hydrogen (secondary N) is 1. The largest absolute Gasteiger partial charge is 0.416 e. The first kappa shape index (κ1) is 21.3. The van der Waals surface area contributed by atoms with Gasteiger partial charge in [-0.3, -0.25) is 19.9 Å². The lowest BCUT2D eigenvalue weighted by atomic mass is 9.95. The van der Waals surface area contributed by atoms with Crippen molar-refractivity contribution >= 4 is 11.8 Å². The summed E-state index contributed by atoms with van der Waals surface area (Å²) in [5, 5.41) is 3.42. The van der Waals surface area contributed by atoms with Crippen molar-refractivity contribution < 1.29 is 22.8 Å². The van der Waals surface area contributed by atoms with E-state index in [1.165, 1.54) is 0 Å². The first-order chi connectivity index (χ1) is 14.5. The molecule has 2 fully saturated rings. The Kier molecular flexibility index (Phi) is 5.04. The van der Waals surface area contributed by atoms with Crippen molar-refractivity contribution in [1.29, 1.82) is 0 Å². The lowest BCUT2D eigenvalue weighted by Gasteiger charge is -2.23. The SMILES string of the molecule is Cc1cc(-c2cc(C(F)(F)F)ccc2C(N)=O)cc([C@@H]2CC[C@@]3(CCN(C)C3=O)N2)n1. The number of amides is 2. The number of hydrogen-bond donors (Lipinski definition) is 2. The molecule has 6 nitrogen and oxygen atoms in total. The van der Waals surface area contributed by atoms with Crippen molar-refractivity contribution in [3.63, 3.8) is 0 Å². The van der Waals surface area contributed by atoms with Crippen LogP contribution in [0.25, 0.3) is 11.1 Å². The van der Waals surface area contributed by atoms with E-state index in [0.717, 1.165) is 18.2 Å². The molecule has 3 heterocycles. The molecule has 0 saturated carbocycles. The lowest BCUT2D eigenvalue weighted by molar-refractivity contribution is -0.137. The predicted molar refractivity (Wildman–Crippen MR) is 108 cm³/mol. The van der Waals surface area contributed by atoms with Crippen molar-refractivity contribution in [1.82, 2.24) is 15.2 Å². The molecule has 3 N–H and O–H groups in total. The highest BCUT2D eigenvalue weighted by atomic mass is 19.4. The van der Waals surface area contributed by atoms with Gasteiger partial charge in [-0.1, -0.05) is 0 Å². The molecule has 0 radical (unpaired) electrons. The summed E-state index contributed by atoms with van der Waals surface area (Å²) in [7, 11) is 1.77. The molecule has 2 aliphatic rings. The van der Waals surface area contributed by atoms with E-state index in [4.69, 9.17) is 5.73 Å². The minimum atomic E-state index is -4.55. The average Bonchev–Trinajstić information content (AvgIpc) is 3.26. The third-order valence-electron chi connectivity index (χ3n) is 6.19. The molecule has 2 atom stereocenters. The Labute approximate surface area is 177 Å². The Morgan fingerprint density at radius 3 is 2.61 bits per heavy atom. The van der Waals surface area contributed by atoms with E-state index in [1.54, 1.807) is 31.0 Å². The third-order valence-corrected chi connectivity index (χ3v) is 6.19. The van der Waals surface area contributed by atoms with Gasteiger partial charge >= 0.3 is 6.18 Å². The molecular formula is C22H23F3N4O2. The Hall–Kier alpha value is -2.94. The smallest absolute Gasteiger partial charge is 0.366 e. The van der Waals surface area contributed by atoms with Crippen LogP contribution in [0, 0.1) is 6.92 Å². The first-order valence-corrected chi connectivity index (χ1v) is 10.0. The molecule has 2 aliphatic heterocycles. The van der Waals surface area contributed by atoms with E-state index in [9.17, 15) is 22.8 Å². The van der Waals surface area contributed by atoms with Crippen LogP contribution < -0.4 is 11.1 Å². The number of carbonyl (C=O) groups is 2. The van der Waals surface area contributed by atoms with Crippen molar-refractivity contribution in [2.75, 3.05) is 13.6 Å². The second kappa shape index (κ2) is 7.33. The minimum absolute atomic E-state index is 0.00740. The number of rotatable bonds is 3. The van der Waals surface area contributed by atoms with Gasteiger partial charge in [-0.2, -0.15) is 13.2 Å². The summed E-state index contributed by atoms with van der Waals surface area (Å²) < 4.78 is 39.9. The van der Waals surface area contributed by atoms with E-state index in [2.05, 4.69) is 10.3 Å². The molecule has 1 aromatic heterocycles. The van der Waals surface area contributed by atoms with E-state index >= 15 is 0 Å². The Bertz CT molecular complexity index is 1070. The fourth-order valence-electron chi connectivity index (χ4n) is 4.59. The molecule has 4 rings (SSSR count). The standard InChI is InChI=1S/C22H23F3N4O2/c1-12-9-13(16-11-14(22(23,24)25)3-4-15(16)19(26)30)10-18(27-12)17-5-6-21(28-17)7-8-29(2)20(21)31/h3-4,9-11,17,28H,5-8H2,1-2H3,(H2,26,30)/t17-,21-/m0/s1. The Morgan fingerprint density at radius 2 is 2.00 bits per heavy atom. The summed E-state index contributed by atoms with van der Waals surface area (Å²) in [6, 6.07) is 5.99. The number of carbonyl (C=O) groups excluding carboxylic acids is 2. The summed E-state index contributed by atoms with van der Waals surface area (Å²) in [6.45, 7) is 2.42. The number of likely N-dealkylation sites (tertiary alicyclic amines) is 1. The zero-order valence-electron chi connectivity index (χ0n) is 17.2. The van der Waals surface area contributed by atoms with Crippen molar-refractivity contribution in [3.05, 3.63) is 52.8 Å². The fraction of sp³-hybridized carbons (Fsp3) is 0.409. The van der Waals surface area contributed by atoms with Crippen LogP contribution in [0.4, 0.5) is 13.2 Å². The van der Waals surface area contributed by atoms with Gasteiger partial charge in [0.25, 0.3) is 0 Å². The molecular weight excluding hydrogens is 409 g/mol. The number of hydrogen-bond acceptors (Lipinski definition) is 4. The summed E-state index contributed by atoms with van der Waals surface area (Å²) in [5.74, 6) is -0.756. The molecule has 9 heteroatoms. The molecule has 1 aromatic carbocycles. The quantitative estimate of drug-likeness (QED) is 0.780. The highest BCUT2D eigenvalue weighted by molar-refractivity contribution is 6.00. The van der Waals surface area contributed by atoms with Crippen LogP contribution in [0.5, 0.6) is 0 Å². The predicted octanol–water partition coefficient (Wildman–Crippen LogP) is 3.20. The molecule has 1 spiro atoms. The Morgan fingerprint density at radius 1 is 1.26 bits per heavy atom. The number of benzene rings is 1. The number of pyridine rings is 1. The number of nitrogens with two attached hydrogens (primary N) is 1. The molecule has 164 valence electrons.